The molecule has 15 heavy (non-hydrogen) atoms. The van der Waals surface area contributed by atoms with Crippen LogP contribution >= 0.6 is 0 Å². The zero-order chi connectivity index (χ0) is 11.3. The molecule has 1 saturated heterocycles. The standard InChI is InChI=1S/C10H21NO3S/c1-9(8-15(2,12)13)11-7-10-5-3-4-6-14-10/h9-11H,3-8H2,1-2H3. The lowest BCUT2D eigenvalue weighted by atomic mass is 10.1. The van der Waals surface area contributed by atoms with Crippen molar-refractivity contribution in [2.75, 3.05) is 25.2 Å². The Morgan fingerprint density at radius 3 is 2.73 bits per heavy atom. The van der Waals surface area contributed by atoms with E-state index in [0.717, 1.165) is 26.0 Å². The van der Waals surface area contributed by atoms with Crippen LogP contribution in [0.3, 0.4) is 0 Å². The van der Waals surface area contributed by atoms with E-state index in [1.54, 1.807) is 0 Å². The Kier molecular flexibility index (Phi) is 5.02. The van der Waals surface area contributed by atoms with Gasteiger partial charge in [-0.2, -0.15) is 0 Å². The molecule has 1 aliphatic rings. The molecule has 0 aromatic carbocycles. The molecular formula is C10H21NO3S. The summed E-state index contributed by atoms with van der Waals surface area (Å²) in [5, 5.41) is 3.20. The van der Waals surface area contributed by atoms with Crippen molar-refractivity contribution >= 4 is 9.84 Å². The van der Waals surface area contributed by atoms with E-state index in [-0.39, 0.29) is 17.9 Å². The number of ether oxygens (including phenoxy) is 1. The molecule has 1 N–H and O–H groups in total. The van der Waals surface area contributed by atoms with Crippen LogP contribution in [0.15, 0.2) is 0 Å². The first-order valence-electron chi connectivity index (χ1n) is 5.50. The highest BCUT2D eigenvalue weighted by Crippen LogP contribution is 2.11. The Balaban J connectivity index is 2.18. The molecule has 1 heterocycles. The van der Waals surface area contributed by atoms with Crippen LogP contribution in [0.4, 0.5) is 0 Å². The Hall–Kier alpha value is -0.130. The Bertz CT molecular complexity index is 270. The molecule has 4 nitrogen and oxygen atoms in total. The van der Waals surface area contributed by atoms with Gasteiger partial charge in [0.15, 0.2) is 0 Å². The summed E-state index contributed by atoms with van der Waals surface area (Å²) < 4.78 is 27.6. The van der Waals surface area contributed by atoms with E-state index < -0.39 is 9.84 Å². The summed E-state index contributed by atoms with van der Waals surface area (Å²) >= 11 is 0. The highest BCUT2D eigenvalue weighted by Gasteiger charge is 2.16. The van der Waals surface area contributed by atoms with E-state index in [4.69, 9.17) is 4.74 Å². The molecule has 1 fully saturated rings. The van der Waals surface area contributed by atoms with Gasteiger partial charge in [-0.15, -0.1) is 0 Å². The molecule has 2 atom stereocenters. The second kappa shape index (κ2) is 5.82. The number of rotatable bonds is 5. The Morgan fingerprint density at radius 2 is 2.20 bits per heavy atom. The summed E-state index contributed by atoms with van der Waals surface area (Å²) in [7, 11) is -2.88. The fraction of sp³-hybridized carbons (Fsp3) is 1.00. The van der Waals surface area contributed by atoms with Gasteiger partial charge in [-0.1, -0.05) is 0 Å². The molecule has 0 aromatic heterocycles. The second-order valence-corrected chi connectivity index (χ2v) is 6.58. The summed E-state index contributed by atoms with van der Waals surface area (Å²) in [6.45, 7) is 3.49. The van der Waals surface area contributed by atoms with Crippen LogP contribution in [0.2, 0.25) is 0 Å². The van der Waals surface area contributed by atoms with Crippen LogP contribution in [-0.2, 0) is 14.6 Å². The van der Waals surface area contributed by atoms with Gasteiger partial charge in [0.25, 0.3) is 0 Å². The molecule has 5 heteroatoms. The SMILES string of the molecule is CC(CS(C)(=O)=O)NCC1CCCCO1. The summed E-state index contributed by atoms with van der Waals surface area (Å²) in [5.74, 6) is 0.194. The third-order valence-electron chi connectivity index (χ3n) is 2.52. The van der Waals surface area contributed by atoms with Crippen LogP contribution in [0.5, 0.6) is 0 Å². The summed E-state index contributed by atoms with van der Waals surface area (Å²) in [5.41, 5.74) is 0. The van der Waals surface area contributed by atoms with Gasteiger partial charge >= 0.3 is 0 Å². The predicted octanol–water partition coefficient (Wildman–Crippen LogP) is 0.578. The van der Waals surface area contributed by atoms with Crippen molar-refractivity contribution in [3.05, 3.63) is 0 Å². The molecule has 2 unspecified atom stereocenters. The topological polar surface area (TPSA) is 55.4 Å². The molecule has 0 aliphatic carbocycles. The number of nitrogens with one attached hydrogen (secondary N) is 1. The van der Waals surface area contributed by atoms with Gasteiger partial charge in [-0.3, -0.25) is 0 Å². The molecule has 0 amide bonds. The predicted molar refractivity (Wildman–Crippen MR) is 60.8 cm³/mol. The van der Waals surface area contributed by atoms with Gasteiger partial charge < -0.3 is 10.1 Å². The highest BCUT2D eigenvalue weighted by molar-refractivity contribution is 7.90. The molecular weight excluding hydrogens is 214 g/mol. The molecule has 1 aliphatic heterocycles. The summed E-state index contributed by atoms with van der Waals surface area (Å²) in [6.07, 6.45) is 4.98. The molecule has 0 saturated carbocycles. The van der Waals surface area contributed by atoms with Crippen molar-refractivity contribution in [1.82, 2.24) is 5.32 Å². The molecule has 1 rings (SSSR count). The lowest BCUT2D eigenvalue weighted by Crippen LogP contribution is -2.39. The van der Waals surface area contributed by atoms with Gasteiger partial charge in [0, 0.05) is 25.4 Å². The van der Waals surface area contributed by atoms with Crippen molar-refractivity contribution in [2.45, 2.75) is 38.3 Å². The molecule has 90 valence electrons. The highest BCUT2D eigenvalue weighted by atomic mass is 32.2. The fourth-order valence-electron chi connectivity index (χ4n) is 1.81. The van der Waals surface area contributed by atoms with E-state index in [1.807, 2.05) is 6.92 Å². The van der Waals surface area contributed by atoms with Gasteiger partial charge in [0.05, 0.1) is 11.9 Å². The maximum Gasteiger partial charge on any atom is 0.148 e. The first-order chi connectivity index (χ1) is 6.97. The van der Waals surface area contributed by atoms with Crippen LogP contribution in [0.25, 0.3) is 0 Å². The van der Waals surface area contributed by atoms with Crippen molar-refractivity contribution < 1.29 is 13.2 Å². The molecule has 0 aromatic rings. The normalized spacial score (nSPS) is 25.1. The van der Waals surface area contributed by atoms with E-state index in [9.17, 15) is 8.42 Å². The zero-order valence-electron chi connectivity index (χ0n) is 9.53. The lowest BCUT2D eigenvalue weighted by Gasteiger charge is -2.24. The van der Waals surface area contributed by atoms with Gasteiger partial charge in [-0.25, -0.2) is 8.42 Å². The number of hydrogen-bond acceptors (Lipinski definition) is 4. The van der Waals surface area contributed by atoms with Crippen molar-refractivity contribution in [2.24, 2.45) is 0 Å². The average molecular weight is 235 g/mol. The minimum atomic E-state index is -2.88. The van der Waals surface area contributed by atoms with Crippen LogP contribution in [-0.4, -0.2) is 45.7 Å². The van der Waals surface area contributed by atoms with Crippen LogP contribution < -0.4 is 5.32 Å². The first-order valence-corrected chi connectivity index (χ1v) is 7.56. The zero-order valence-corrected chi connectivity index (χ0v) is 10.3. The maximum absolute atomic E-state index is 11.0. The average Bonchev–Trinajstić information content (AvgIpc) is 2.14. The van der Waals surface area contributed by atoms with E-state index in [0.29, 0.717) is 0 Å². The van der Waals surface area contributed by atoms with Gasteiger partial charge in [-0.05, 0) is 26.2 Å². The lowest BCUT2D eigenvalue weighted by molar-refractivity contribution is 0.0160. The van der Waals surface area contributed by atoms with Gasteiger partial charge in [0.1, 0.15) is 9.84 Å². The largest absolute Gasteiger partial charge is 0.377 e. The van der Waals surface area contributed by atoms with E-state index in [1.165, 1.54) is 12.7 Å². The Morgan fingerprint density at radius 1 is 1.47 bits per heavy atom. The van der Waals surface area contributed by atoms with Crippen LogP contribution in [0, 0.1) is 0 Å². The summed E-state index contributed by atoms with van der Waals surface area (Å²) in [6, 6.07) is 0.00512. The molecule has 0 radical (unpaired) electrons. The van der Waals surface area contributed by atoms with Crippen molar-refractivity contribution in [3.63, 3.8) is 0 Å². The monoisotopic (exact) mass is 235 g/mol. The molecule has 0 spiro atoms. The molecule has 0 bridgehead atoms. The van der Waals surface area contributed by atoms with E-state index in [2.05, 4.69) is 5.32 Å². The van der Waals surface area contributed by atoms with Crippen molar-refractivity contribution in [3.8, 4) is 0 Å². The minimum Gasteiger partial charge on any atom is -0.377 e. The fourth-order valence-corrected chi connectivity index (χ4v) is 2.84. The minimum absolute atomic E-state index is 0.00512. The second-order valence-electron chi connectivity index (χ2n) is 4.39. The van der Waals surface area contributed by atoms with Crippen LogP contribution in [0.1, 0.15) is 26.2 Å². The third kappa shape index (κ3) is 6.12. The first kappa shape index (κ1) is 12.9. The number of sulfone groups is 1. The maximum atomic E-state index is 11.0. The van der Waals surface area contributed by atoms with Crippen molar-refractivity contribution in [1.29, 1.82) is 0 Å². The number of hydrogen-bond donors (Lipinski definition) is 1. The quantitative estimate of drug-likeness (QED) is 0.757. The smallest absolute Gasteiger partial charge is 0.148 e. The summed E-state index contributed by atoms with van der Waals surface area (Å²) in [4.78, 5) is 0. The Labute approximate surface area is 92.3 Å². The van der Waals surface area contributed by atoms with Gasteiger partial charge in [0.2, 0.25) is 0 Å². The third-order valence-corrected chi connectivity index (χ3v) is 3.63. The van der Waals surface area contributed by atoms with E-state index >= 15 is 0 Å².